The average molecular weight is 365 g/mol. The maximum Gasteiger partial charge on any atom is 0.416 e. The minimum Gasteiger partial charge on any atom is -0.481 e. The molecule has 2 N–H and O–H groups in total. The molecule has 0 spiro atoms. The van der Waals surface area contributed by atoms with Gasteiger partial charge in [-0.2, -0.15) is 13.2 Å². The summed E-state index contributed by atoms with van der Waals surface area (Å²) in [6, 6.07) is 11.3. The summed E-state index contributed by atoms with van der Waals surface area (Å²) in [4.78, 5) is 22.9. The quantitative estimate of drug-likeness (QED) is 0.808. The number of benzene rings is 2. The third kappa shape index (κ3) is 5.61. The fraction of sp³-hybridized carbons (Fsp3) is 0.263. The van der Waals surface area contributed by atoms with Crippen LogP contribution in [0.3, 0.4) is 0 Å². The van der Waals surface area contributed by atoms with Crippen molar-refractivity contribution in [2.75, 3.05) is 5.32 Å². The fourth-order valence-corrected chi connectivity index (χ4v) is 2.41. The van der Waals surface area contributed by atoms with Crippen LogP contribution in [0, 0.1) is 5.92 Å². The summed E-state index contributed by atoms with van der Waals surface area (Å²) in [5.74, 6) is -1.84. The smallest absolute Gasteiger partial charge is 0.416 e. The maximum atomic E-state index is 12.7. The van der Waals surface area contributed by atoms with Crippen molar-refractivity contribution in [2.45, 2.75) is 25.9 Å². The predicted octanol–water partition coefficient (Wildman–Crippen LogP) is 4.15. The van der Waals surface area contributed by atoms with Gasteiger partial charge in [-0.3, -0.25) is 9.59 Å². The van der Waals surface area contributed by atoms with Crippen molar-refractivity contribution in [1.82, 2.24) is 0 Å². The van der Waals surface area contributed by atoms with E-state index in [4.69, 9.17) is 5.11 Å². The molecule has 1 atom stereocenters. The van der Waals surface area contributed by atoms with Gasteiger partial charge < -0.3 is 10.4 Å². The second kappa shape index (κ2) is 8.03. The van der Waals surface area contributed by atoms with E-state index in [-0.39, 0.29) is 12.0 Å². The molecule has 0 heterocycles. The van der Waals surface area contributed by atoms with Crippen molar-refractivity contribution in [3.05, 3.63) is 65.2 Å². The van der Waals surface area contributed by atoms with Crippen LogP contribution in [0.2, 0.25) is 0 Å². The largest absolute Gasteiger partial charge is 0.481 e. The lowest BCUT2D eigenvalue weighted by molar-refractivity contribution is -0.141. The first-order valence-corrected chi connectivity index (χ1v) is 7.93. The zero-order valence-electron chi connectivity index (χ0n) is 14.0. The Balaban J connectivity index is 1.97. The van der Waals surface area contributed by atoms with Crippen LogP contribution in [-0.4, -0.2) is 17.0 Å². The van der Waals surface area contributed by atoms with Crippen molar-refractivity contribution in [3.63, 3.8) is 0 Å². The molecule has 0 fully saturated rings. The highest BCUT2D eigenvalue weighted by atomic mass is 19.4. The van der Waals surface area contributed by atoms with Gasteiger partial charge in [0, 0.05) is 5.69 Å². The number of amides is 1. The molecule has 1 amide bonds. The first kappa shape index (κ1) is 19.5. The standard InChI is InChI=1S/C19H18F3NO3/c1-12(18(25)26)9-13-5-7-16(8-6-13)23-17(24)11-14-3-2-4-15(10-14)19(20,21)22/h2-8,10,12H,9,11H2,1H3,(H,23,24)(H,25,26). The Morgan fingerprint density at radius 1 is 1.08 bits per heavy atom. The van der Waals surface area contributed by atoms with E-state index in [1.165, 1.54) is 12.1 Å². The molecular formula is C19H18F3NO3. The molecule has 0 radical (unpaired) electrons. The zero-order chi connectivity index (χ0) is 19.3. The number of aliphatic carboxylic acids is 1. The van der Waals surface area contributed by atoms with Gasteiger partial charge in [0.1, 0.15) is 0 Å². The highest BCUT2D eigenvalue weighted by molar-refractivity contribution is 5.92. The van der Waals surface area contributed by atoms with Crippen molar-refractivity contribution in [1.29, 1.82) is 0 Å². The van der Waals surface area contributed by atoms with Crippen LogP contribution in [0.5, 0.6) is 0 Å². The summed E-state index contributed by atoms with van der Waals surface area (Å²) in [6.07, 6.45) is -4.26. The van der Waals surface area contributed by atoms with Gasteiger partial charge in [0.2, 0.25) is 5.91 Å². The topological polar surface area (TPSA) is 66.4 Å². The van der Waals surface area contributed by atoms with Crippen LogP contribution in [0.4, 0.5) is 18.9 Å². The molecule has 0 saturated carbocycles. The minimum atomic E-state index is -4.45. The zero-order valence-corrected chi connectivity index (χ0v) is 14.0. The Labute approximate surface area is 148 Å². The highest BCUT2D eigenvalue weighted by Gasteiger charge is 2.30. The molecule has 4 nitrogen and oxygen atoms in total. The monoisotopic (exact) mass is 365 g/mol. The van der Waals surface area contributed by atoms with Crippen LogP contribution >= 0.6 is 0 Å². The third-order valence-electron chi connectivity index (χ3n) is 3.82. The van der Waals surface area contributed by atoms with E-state index in [0.29, 0.717) is 12.1 Å². The van der Waals surface area contributed by atoms with Crippen LogP contribution in [0.15, 0.2) is 48.5 Å². The van der Waals surface area contributed by atoms with Gasteiger partial charge in [0.15, 0.2) is 0 Å². The van der Waals surface area contributed by atoms with Gasteiger partial charge in [0.25, 0.3) is 0 Å². The lowest BCUT2D eigenvalue weighted by Crippen LogP contribution is -2.15. The second-order valence-corrected chi connectivity index (χ2v) is 6.06. The molecule has 138 valence electrons. The first-order valence-electron chi connectivity index (χ1n) is 7.93. The summed E-state index contributed by atoms with van der Waals surface area (Å²) in [5.41, 5.74) is 0.786. The number of alkyl halides is 3. The van der Waals surface area contributed by atoms with E-state index >= 15 is 0 Å². The van der Waals surface area contributed by atoms with E-state index in [2.05, 4.69) is 5.32 Å². The van der Waals surface area contributed by atoms with Crippen LogP contribution in [-0.2, 0) is 28.6 Å². The first-order chi connectivity index (χ1) is 12.1. The molecule has 2 aromatic rings. The van der Waals surface area contributed by atoms with Crippen molar-refractivity contribution in [2.24, 2.45) is 5.92 Å². The van der Waals surface area contributed by atoms with E-state index in [1.54, 1.807) is 31.2 Å². The molecule has 0 aliphatic rings. The van der Waals surface area contributed by atoms with E-state index in [0.717, 1.165) is 17.7 Å². The molecule has 1 unspecified atom stereocenters. The van der Waals surface area contributed by atoms with Gasteiger partial charge >= 0.3 is 12.1 Å². The number of carbonyl (C=O) groups is 2. The molecule has 0 saturated heterocycles. The number of rotatable bonds is 6. The summed E-state index contributed by atoms with van der Waals surface area (Å²) in [7, 11) is 0. The fourth-order valence-electron chi connectivity index (χ4n) is 2.41. The molecule has 0 aliphatic heterocycles. The summed E-state index contributed by atoms with van der Waals surface area (Å²) >= 11 is 0. The number of carbonyl (C=O) groups excluding carboxylic acids is 1. The highest BCUT2D eigenvalue weighted by Crippen LogP contribution is 2.29. The van der Waals surface area contributed by atoms with Crippen LogP contribution in [0.25, 0.3) is 0 Å². The second-order valence-electron chi connectivity index (χ2n) is 6.06. The Morgan fingerprint density at radius 2 is 1.73 bits per heavy atom. The van der Waals surface area contributed by atoms with Gasteiger partial charge in [0.05, 0.1) is 17.9 Å². The molecule has 7 heteroatoms. The molecule has 2 aromatic carbocycles. The number of halogens is 3. The summed E-state index contributed by atoms with van der Waals surface area (Å²) in [6.45, 7) is 1.60. The number of carboxylic acids is 1. The van der Waals surface area contributed by atoms with Crippen molar-refractivity contribution >= 4 is 17.6 Å². The van der Waals surface area contributed by atoms with E-state index in [9.17, 15) is 22.8 Å². The van der Waals surface area contributed by atoms with Crippen LogP contribution < -0.4 is 5.32 Å². The minimum absolute atomic E-state index is 0.179. The van der Waals surface area contributed by atoms with E-state index < -0.39 is 29.5 Å². The van der Waals surface area contributed by atoms with Crippen molar-refractivity contribution in [3.8, 4) is 0 Å². The average Bonchev–Trinajstić information content (AvgIpc) is 2.56. The van der Waals surface area contributed by atoms with Crippen molar-refractivity contribution < 1.29 is 27.9 Å². The summed E-state index contributed by atoms with van der Waals surface area (Å²) < 4.78 is 38.1. The Morgan fingerprint density at radius 3 is 2.31 bits per heavy atom. The summed E-state index contributed by atoms with van der Waals surface area (Å²) in [5, 5.41) is 11.5. The Bertz CT molecular complexity index is 785. The molecule has 0 aromatic heterocycles. The normalized spacial score (nSPS) is 12.5. The number of hydrogen-bond donors (Lipinski definition) is 2. The predicted molar refractivity (Wildman–Crippen MR) is 90.7 cm³/mol. The van der Waals surface area contributed by atoms with Gasteiger partial charge in [-0.15, -0.1) is 0 Å². The Kier molecular flexibility index (Phi) is 6.02. The number of hydrogen-bond acceptors (Lipinski definition) is 2. The third-order valence-corrected chi connectivity index (χ3v) is 3.82. The SMILES string of the molecule is CC(Cc1ccc(NC(=O)Cc2cccc(C(F)(F)F)c2)cc1)C(=O)O. The maximum absolute atomic E-state index is 12.7. The molecule has 0 aliphatic carbocycles. The number of nitrogens with one attached hydrogen (secondary N) is 1. The van der Waals surface area contributed by atoms with Gasteiger partial charge in [-0.25, -0.2) is 0 Å². The van der Waals surface area contributed by atoms with Gasteiger partial charge in [-0.05, 0) is 35.7 Å². The molecule has 26 heavy (non-hydrogen) atoms. The molecule has 2 rings (SSSR count). The lowest BCUT2D eigenvalue weighted by atomic mass is 10.0. The van der Waals surface area contributed by atoms with Gasteiger partial charge in [-0.1, -0.05) is 37.3 Å². The number of anilines is 1. The Hall–Kier alpha value is -2.83. The van der Waals surface area contributed by atoms with E-state index in [1.807, 2.05) is 0 Å². The van der Waals surface area contributed by atoms with Crippen LogP contribution in [0.1, 0.15) is 23.6 Å². The molecule has 0 bridgehead atoms. The number of carboxylic acid groups (broad SMARTS) is 1. The lowest BCUT2D eigenvalue weighted by Gasteiger charge is -2.10. The molecular weight excluding hydrogens is 347 g/mol.